The molecule has 0 aliphatic heterocycles. The summed E-state index contributed by atoms with van der Waals surface area (Å²) in [6.07, 6.45) is 0. The van der Waals surface area contributed by atoms with Crippen LogP contribution in [0.5, 0.6) is 0 Å². The van der Waals surface area contributed by atoms with Crippen LogP contribution in [-0.2, 0) is 4.57 Å². The molecular weight excluding hydrogens is 205 g/mol. The average Bonchev–Trinajstić information content (AvgIpc) is 2.70. The number of hydrogen-bond acceptors (Lipinski definition) is 1. The molecule has 2 nitrogen and oxygen atoms in total. The quantitative estimate of drug-likeness (QED) is 0.568. The number of nitrogens with one attached hydrogen (secondary N) is 1. The molecule has 0 spiro atoms. The Balaban J connectivity index is 0.000000404. The van der Waals surface area contributed by atoms with Crippen LogP contribution in [0.15, 0.2) is 48.5 Å². The summed E-state index contributed by atoms with van der Waals surface area (Å²) in [6.45, 7) is 0. The molecule has 0 amide bonds. The summed E-state index contributed by atoms with van der Waals surface area (Å²) in [5.74, 6) is 0. The topological polar surface area (TPSA) is 32.9 Å². The SMILES string of the molecule is O=P.c1ccc2c(c1)[nH]c1ccccc12. The van der Waals surface area contributed by atoms with Crippen molar-refractivity contribution in [1.82, 2.24) is 4.98 Å². The molecule has 1 heterocycles. The van der Waals surface area contributed by atoms with Crippen LogP contribution in [-0.4, -0.2) is 4.98 Å². The molecule has 0 saturated heterocycles. The zero-order valence-electron chi connectivity index (χ0n) is 8.03. The first kappa shape index (κ1) is 9.88. The molecule has 0 fully saturated rings. The molecule has 15 heavy (non-hydrogen) atoms. The molecule has 0 saturated carbocycles. The smallest absolute Gasteiger partial charge is 0.138 e. The summed E-state index contributed by atoms with van der Waals surface area (Å²) in [5, 5.41) is 2.61. The van der Waals surface area contributed by atoms with Crippen molar-refractivity contribution in [3.05, 3.63) is 48.5 Å². The van der Waals surface area contributed by atoms with Crippen LogP contribution < -0.4 is 0 Å². The highest BCUT2D eigenvalue weighted by atomic mass is 31.0. The van der Waals surface area contributed by atoms with E-state index < -0.39 is 0 Å². The van der Waals surface area contributed by atoms with Crippen LogP contribution in [0.4, 0.5) is 0 Å². The molecule has 0 bridgehead atoms. The highest BCUT2D eigenvalue weighted by Crippen LogP contribution is 2.24. The molecule has 3 aromatic rings. The minimum absolute atomic E-state index is 1.21. The van der Waals surface area contributed by atoms with Gasteiger partial charge >= 0.3 is 0 Å². The van der Waals surface area contributed by atoms with E-state index in [1.165, 1.54) is 21.8 Å². The molecule has 3 rings (SSSR count). The molecule has 2 aromatic carbocycles. The Labute approximate surface area is 89.5 Å². The van der Waals surface area contributed by atoms with E-state index in [2.05, 4.69) is 53.5 Å². The fourth-order valence-electron chi connectivity index (χ4n) is 1.80. The lowest BCUT2D eigenvalue weighted by Gasteiger charge is -1.87. The van der Waals surface area contributed by atoms with Gasteiger partial charge in [-0.25, -0.2) is 0 Å². The van der Waals surface area contributed by atoms with Gasteiger partial charge in [-0.15, -0.1) is 0 Å². The predicted molar refractivity (Wildman–Crippen MR) is 64.8 cm³/mol. The molecule has 74 valence electrons. The summed E-state index contributed by atoms with van der Waals surface area (Å²) in [4.78, 5) is 3.38. The van der Waals surface area contributed by atoms with Crippen LogP contribution in [0.1, 0.15) is 0 Å². The second kappa shape index (κ2) is 4.24. The van der Waals surface area contributed by atoms with Gasteiger partial charge in [0, 0.05) is 21.8 Å². The first-order chi connectivity index (χ1) is 7.45. The van der Waals surface area contributed by atoms with E-state index in [4.69, 9.17) is 4.57 Å². The largest absolute Gasteiger partial charge is 0.355 e. The third-order valence-corrected chi connectivity index (χ3v) is 2.41. The number of aromatic amines is 1. The molecule has 0 aliphatic carbocycles. The fourth-order valence-corrected chi connectivity index (χ4v) is 1.80. The Bertz CT molecular complexity index is 538. The standard InChI is InChI=1S/C12H9N.HOP/c1-3-7-11-9(5-1)10-6-2-4-8-12(10)13-11;1-2/h1-8,13H;2H. The highest BCUT2D eigenvalue weighted by Gasteiger charge is 2.00. The second-order valence-electron chi connectivity index (χ2n) is 3.22. The third kappa shape index (κ3) is 1.64. The van der Waals surface area contributed by atoms with E-state index in [-0.39, 0.29) is 0 Å². The van der Waals surface area contributed by atoms with Crippen LogP contribution in [0.25, 0.3) is 21.8 Å². The fraction of sp³-hybridized carbons (Fsp3) is 0. The van der Waals surface area contributed by atoms with E-state index in [0.717, 1.165) is 0 Å². The molecule has 1 N–H and O–H groups in total. The van der Waals surface area contributed by atoms with Crippen LogP contribution in [0.2, 0.25) is 0 Å². The number of aromatic nitrogens is 1. The van der Waals surface area contributed by atoms with Crippen molar-refractivity contribution < 1.29 is 4.57 Å². The summed E-state index contributed by atoms with van der Waals surface area (Å²) in [6, 6.07) is 16.8. The van der Waals surface area contributed by atoms with Crippen molar-refractivity contribution in [1.29, 1.82) is 0 Å². The lowest BCUT2D eigenvalue weighted by molar-refractivity contribution is 0.607. The molecule has 3 heteroatoms. The van der Waals surface area contributed by atoms with Gasteiger partial charge in [0.1, 0.15) is 9.12 Å². The zero-order valence-corrected chi connectivity index (χ0v) is 9.03. The Morgan fingerprint density at radius 1 is 0.733 bits per heavy atom. The van der Waals surface area contributed by atoms with Crippen molar-refractivity contribution >= 4 is 30.9 Å². The van der Waals surface area contributed by atoms with Crippen LogP contribution >= 0.6 is 9.12 Å². The molecule has 0 aliphatic rings. The van der Waals surface area contributed by atoms with Gasteiger partial charge in [0.15, 0.2) is 0 Å². The Morgan fingerprint density at radius 3 is 1.60 bits per heavy atom. The first-order valence-electron chi connectivity index (χ1n) is 4.61. The number of H-pyrrole nitrogens is 1. The maximum Gasteiger partial charge on any atom is 0.138 e. The number of para-hydroxylation sites is 2. The van der Waals surface area contributed by atoms with Gasteiger partial charge in [0.05, 0.1) is 0 Å². The zero-order chi connectivity index (χ0) is 10.7. The van der Waals surface area contributed by atoms with E-state index in [1.807, 2.05) is 0 Å². The van der Waals surface area contributed by atoms with E-state index in [9.17, 15) is 0 Å². The first-order valence-corrected chi connectivity index (χ1v) is 5.02. The summed E-state index contributed by atoms with van der Waals surface area (Å²) in [5.41, 5.74) is 2.42. The molecule has 0 radical (unpaired) electrons. The van der Waals surface area contributed by atoms with Gasteiger partial charge < -0.3 is 4.98 Å². The van der Waals surface area contributed by atoms with Gasteiger partial charge in [0.2, 0.25) is 0 Å². The van der Waals surface area contributed by atoms with Gasteiger partial charge in [-0.3, -0.25) is 4.57 Å². The van der Waals surface area contributed by atoms with Crippen molar-refractivity contribution in [2.75, 3.05) is 0 Å². The lowest BCUT2D eigenvalue weighted by Crippen LogP contribution is -1.62. The summed E-state index contributed by atoms with van der Waals surface area (Å²) < 4.78 is 8.06. The predicted octanol–water partition coefficient (Wildman–Crippen LogP) is 3.80. The maximum absolute atomic E-state index is 8.06. The number of hydrogen-bond donors (Lipinski definition) is 1. The normalized spacial score (nSPS) is 9.87. The van der Waals surface area contributed by atoms with Crippen molar-refractivity contribution in [3.63, 3.8) is 0 Å². The summed E-state index contributed by atoms with van der Waals surface area (Å²) >= 11 is 0. The lowest BCUT2D eigenvalue weighted by atomic mass is 10.2. The van der Waals surface area contributed by atoms with Gasteiger partial charge in [-0.1, -0.05) is 36.4 Å². The molecule has 1 aromatic heterocycles. The van der Waals surface area contributed by atoms with E-state index >= 15 is 0 Å². The van der Waals surface area contributed by atoms with Crippen molar-refractivity contribution in [3.8, 4) is 0 Å². The Hall–Kier alpha value is -1.66. The van der Waals surface area contributed by atoms with Crippen LogP contribution in [0.3, 0.4) is 0 Å². The Kier molecular flexibility index (Phi) is 2.79. The monoisotopic (exact) mass is 215 g/mol. The highest BCUT2D eigenvalue weighted by molar-refractivity contribution is 7.00. The van der Waals surface area contributed by atoms with Crippen LogP contribution in [0, 0.1) is 0 Å². The third-order valence-electron chi connectivity index (χ3n) is 2.41. The summed E-state index contributed by atoms with van der Waals surface area (Å²) in [7, 11) is 1.72. The van der Waals surface area contributed by atoms with Crippen molar-refractivity contribution in [2.24, 2.45) is 0 Å². The maximum atomic E-state index is 8.06. The van der Waals surface area contributed by atoms with Gasteiger partial charge in [0.25, 0.3) is 0 Å². The molecular formula is C12H10NOP. The van der Waals surface area contributed by atoms with Crippen molar-refractivity contribution in [2.45, 2.75) is 0 Å². The van der Waals surface area contributed by atoms with Gasteiger partial charge in [-0.2, -0.15) is 0 Å². The number of fused-ring (bicyclic) bond motifs is 3. The Morgan fingerprint density at radius 2 is 1.13 bits per heavy atom. The number of rotatable bonds is 0. The minimum atomic E-state index is 1.21. The average molecular weight is 215 g/mol. The number of benzene rings is 2. The minimum Gasteiger partial charge on any atom is -0.355 e. The van der Waals surface area contributed by atoms with Gasteiger partial charge in [-0.05, 0) is 12.1 Å². The molecule has 0 atom stereocenters. The second-order valence-corrected chi connectivity index (χ2v) is 3.22. The van der Waals surface area contributed by atoms with E-state index in [0.29, 0.717) is 0 Å². The molecule has 0 unspecified atom stereocenters. The van der Waals surface area contributed by atoms with E-state index in [1.54, 1.807) is 9.12 Å².